The van der Waals surface area contributed by atoms with E-state index in [0.717, 1.165) is 169 Å². The predicted molar refractivity (Wildman–Crippen MR) is 528 cm³/mol. The number of H-pyrrole nitrogens is 1. The fourth-order valence-electron chi connectivity index (χ4n) is 19.2. The zero-order valence-electron chi connectivity index (χ0n) is 82.3. The molecule has 0 spiro atoms. The number of aromatic amines is 1. The van der Waals surface area contributed by atoms with Crippen LogP contribution in [0, 0.1) is 5.92 Å². The van der Waals surface area contributed by atoms with Crippen molar-refractivity contribution in [2.75, 3.05) is 139 Å². The number of nitrogens with one attached hydrogen (secondary N) is 5. The lowest BCUT2D eigenvalue weighted by molar-refractivity contribution is -0.438. The van der Waals surface area contributed by atoms with Crippen LogP contribution in [0.15, 0.2) is 179 Å². The molecule has 14 rings (SSSR count). The van der Waals surface area contributed by atoms with E-state index in [1.807, 2.05) is 122 Å². The second-order valence-electron chi connectivity index (χ2n) is 37.9. The highest BCUT2D eigenvalue weighted by Crippen LogP contribution is 2.49. The van der Waals surface area contributed by atoms with Crippen LogP contribution in [-0.2, 0) is 66.4 Å². The Bertz CT molecular complexity index is 6240. The molecule has 7 aliphatic rings. The number of piperazine rings is 1. The molecule has 0 unspecified atom stereocenters. The molecule has 4 saturated heterocycles. The number of alkyl halides is 12. The van der Waals surface area contributed by atoms with Crippen molar-refractivity contribution in [3.63, 3.8) is 0 Å². The molecule has 48 heteroatoms. The van der Waals surface area contributed by atoms with E-state index in [1.165, 1.54) is 12.1 Å². The Morgan fingerprint density at radius 3 is 1.62 bits per heavy atom. The summed E-state index contributed by atoms with van der Waals surface area (Å²) in [4.78, 5) is 137. The van der Waals surface area contributed by atoms with E-state index in [2.05, 4.69) is 92.3 Å². The molecule has 7 aliphatic heterocycles. The quantitative estimate of drug-likeness (QED) is 0.00589. The lowest BCUT2D eigenvalue weighted by Gasteiger charge is -2.42. The molecule has 0 atom stereocenters. The van der Waals surface area contributed by atoms with Gasteiger partial charge in [0.1, 0.15) is 16.7 Å². The van der Waals surface area contributed by atoms with Gasteiger partial charge in [0.25, 0.3) is 27.8 Å². The molecule has 5 amide bonds. The van der Waals surface area contributed by atoms with Crippen molar-refractivity contribution in [3.8, 4) is 0 Å². The van der Waals surface area contributed by atoms with Crippen LogP contribution < -0.4 is 36.8 Å². The van der Waals surface area contributed by atoms with Gasteiger partial charge in [-0.3, -0.25) is 47.8 Å². The number of carboxylic acid groups (broad SMARTS) is 4. The third-order valence-corrected chi connectivity index (χ3v) is 28.5. The number of halogens is 12. The summed E-state index contributed by atoms with van der Waals surface area (Å²) in [6.07, 6.45) is 1.99. The Labute approximate surface area is 852 Å². The molecule has 0 saturated carbocycles. The fraction of sp³-hybridized carbons (Fsp3) is 0.475. The number of piperidine rings is 3. The number of likely N-dealkylation sites (tertiary alicyclic amines) is 3. The van der Waals surface area contributed by atoms with Crippen LogP contribution in [0.3, 0.4) is 0 Å². The maximum absolute atomic E-state index is 14.2. The first-order valence-electron chi connectivity index (χ1n) is 48.5. The Hall–Kier alpha value is -12.7. The number of hydrogen-bond acceptors (Lipinski definition) is 21. The van der Waals surface area contributed by atoms with Crippen LogP contribution in [-0.4, -0.2) is 298 Å². The third-order valence-electron chi connectivity index (χ3n) is 26.9. The molecular formula is C101H122F12N14O20S2. The molecule has 8 heterocycles. The number of anilines is 4. The lowest BCUT2D eigenvalue weighted by atomic mass is 9.81. The van der Waals surface area contributed by atoms with Crippen molar-refractivity contribution in [1.82, 2.24) is 50.0 Å². The average molecular weight is 2140 g/mol. The summed E-state index contributed by atoms with van der Waals surface area (Å²) in [6.45, 7) is 22.1. The second kappa shape index (κ2) is 52.2. The molecule has 0 bridgehead atoms. The van der Waals surface area contributed by atoms with Crippen LogP contribution in [0.2, 0.25) is 0 Å². The number of aromatic nitrogens is 2. The van der Waals surface area contributed by atoms with Gasteiger partial charge in [-0.05, 0) is 207 Å². The zero-order valence-corrected chi connectivity index (χ0v) is 83.9. The Kier molecular flexibility index (Phi) is 41.4. The molecule has 1 aromatic heterocycles. The summed E-state index contributed by atoms with van der Waals surface area (Å²) < 4.78 is 201. The van der Waals surface area contributed by atoms with Gasteiger partial charge >= 0.3 is 54.3 Å². The molecule has 149 heavy (non-hydrogen) atoms. The van der Waals surface area contributed by atoms with Crippen molar-refractivity contribution < 1.29 is 147 Å². The number of hydrogen-bond donors (Lipinski definition) is 10. The number of imidazole rings is 1. The number of aliphatic carboxylic acids is 4. The number of amides is 5. The first kappa shape index (κ1) is 118. The van der Waals surface area contributed by atoms with Crippen LogP contribution >= 0.6 is 0 Å². The van der Waals surface area contributed by atoms with Crippen molar-refractivity contribution in [2.24, 2.45) is 5.92 Å². The van der Waals surface area contributed by atoms with Gasteiger partial charge in [0, 0.05) is 149 Å². The van der Waals surface area contributed by atoms with Crippen LogP contribution in [0.5, 0.6) is 0 Å². The molecule has 0 radical (unpaired) electrons. The number of carboxylic acids is 4. The summed E-state index contributed by atoms with van der Waals surface area (Å²) in [5.41, 5.74) is 9.97. The number of unbranched alkanes of at least 4 members (excludes halogenated alkanes) is 4. The van der Waals surface area contributed by atoms with E-state index in [1.54, 1.807) is 35.2 Å². The van der Waals surface area contributed by atoms with Gasteiger partial charge in [-0.25, -0.2) is 32.4 Å². The summed E-state index contributed by atoms with van der Waals surface area (Å²) in [5, 5.41) is 40.8. The highest BCUT2D eigenvalue weighted by Gasteiger charge is 2.46. The number of allylic oxidation sites excluding steroid dienone is 6. The molecule has 10 N–H and O–H groups in total. The number of fused-ring (bicyclic) bond motifs is 5. The van der Waals surface area contributed by atoms with E-state index >= 15 is 0 Å². The highest BCUT2D eigenvalue weighted by molar-refractivity contribution is 7.86. The maximum Gasteiger partial charge on any atom is 0.490 e. The van der Waals surface area contributed by atoms with E-state index in [9.17, 15) is 107 Å². The molecule has 4 fully saturated rings. The van der Waals surface area contributed by atoms with Crippen LogP contribution in [0.25, 0.3) is 11.0 Å². The number of rotatable bonds is 34. The lowest BCUT2D eigenvalue weighted by Crippen LogP contribution is -2.49. The van der Waals surface area contributed by atoms with Crippen molar-refractivity contribution in [2.45, 2.75) is 183 Å². The Morgan fingerprint density at radius 1 is 0.517 bits per heavy atom. The zero-order chi connectivity index (χ0) is 109. The minimum absolute atomic E-state index is 0.0470. The average Bonchev–Trinajstić information content (AvgIpc) is 1.59. The largest absolute Gasteiger partial charge is 0.744 e. The number of carbonyl (C=O) groups is 9. The van der Waals surface area contributed by atoms with Crippen LogP contribution in [0.1, 0.15) is 178 Å². The van der Waals surface area contributed by atoms with E-state index in [-0.39, 0.29) is 76.8 Å². The molecule has 0 aliphatic carbocycles. The molecular weight excluding hydrogens is 2020 g/mol. The summed E-state index contributed by atoms with van der Waals surface area (Å²) in [6, 6.07) is 41.1. The maximum atomic E-state index is 14.2. The van der Waals surface area contributed by atoms with Crippen molar-refractivity contribution in [3.05, 3.63) is 213 Å². The minimum Gasteiger partial charge on any atom is -0.744 e. The van der Waals surface area contributed by atoms with Gasteiger partial charge in [0.2, 0.25) is 17.5 Å². The summed E-state index contributed by atoms with van der Waals surface area (Å²) >= 11 is 0. The Balaban J connectivity index is 0.000000712. The summed E-state index contributed by atoms with van der Waals surface area (Å²) in [5.74, 6) is -11.8. The highest BCUT2D eigenvalue weighted by atomic mass is 32.2. The molecule has 7 aromatic rings. The minimum atomic E-state index is -5.08. The fourth-order valence-corrected chi connectivity index (χ4v) is 20.2. The summed E-state index contributed by atoms with van der Waals surface area (Å²) in [7, 11) is -8.83. The van der Waals surface area contributed by atoms with E-state index in [4.69, 9.17) is 39.6 Å². The number of para-hydroxylation sites is 6. The van der Waals surface area contributed by atoms with E-state index < -0.39 is 74.2 Å². The van der Waals surface area contributed by atoms with Crippen molar-refractivity contribution in [1.29, 1.82) is 0 Å². The third kappa shape index (κ3) is 33.9. The van der Waals surface area contributed by atoms with E-state index in [0.29, 0.717) is 128 Å². The van der Waals surface area contributed by atoms with Crippen LogP contribution in [0.4, 0.5) is 81.1 Å². The Morgan fingerprint density at radius 2 is 1.04 bits per heavy atom. The van der Waals surface area contributed by atoms with Gasteiger partial charge in [-0.2, -0.15) is 65.7 Å². The SMILES string of the molecule is CC1(C)C(/C=C/C=C/C=C2/N(CCCCCC(=O)NCc3cc(C(=O)NCCN4CCC(N5CCC(n6c(=O)[nH]c7ccccc76)CC5)CC4)cc(C(=O)NCCN4CCN(CCCCC5CCN(CC(=O)N6c7ccccc7NC(=O)c7ccccc76)CC5)CC4)c3)c3ccc(S(=O)(=O)[O-])cc3C2(C)C)=[N+](CCCCS(=O)(=O)O)c2ccccc21.O=C(O)C(F)(F)F.O=C(O)C(F)(F)F.O=C(O)C(F)(F)F.O=C(O)C(F)(F)F. The van der Waals surface area contributed by atoms with Gasteiger partial charge in [-0.1, -0.05) is 106 Å². The number of nitrogens with zero attached hydrogens (tertiary/aromatic N) is 9. The van der Waals surface area contributed by atoms with Gasteiger partial charge in [-0.15, -0.1) is 0 Å². The second-order valence-corrected chi connectivity index (χ2v) is 40.8. The topological polar surface area (TPSA) is 458 Å². The normalized spacial score (nSPS) is 17.5. The number of benzene rings is 6. The first-order chi connectivity index (χ1) is 70.0. The smallest absolute Gasteiger partial charge is 0.490 e. The standard InChI is InChI=1S/C93H118N14O12S2.4C2HF3O2/c1-92(2)75-25-11-15-29-80(75)104(47-21-22-60-120(114,115)116)84(92)32-7-5-8-33-85-93(3,4)76-64-73(121(117,118)119)35-36-81(76)105(85)46-19-6-9-34-86(108)96-65-68-61-69(88(110)94-43-54-100-50-39-71(40-51-100)103-52-41-72(42-53-103)106-82-30-16-13-27-78(82)98-91(106)113)63-70(62-68)89(111)95-44-55-101-58-56-99(57-59-101)45-20-18-23-67-37-48-102(49-38-67)66-87(109)107-79-28-14-10-24-74(79)90(112)97-77-26-12-17-31-83(77)107;4*3-2(4,5)1(6)7/h5,7-8,10-17,24-33,35-36,61-64,67,71-72H,6,9,18-23,34,37-60,65-66H2,1-4H3,(H6-,94,95,96,97,98,108,110,111,112,113,114,115,116,117,118,119);4*(H,6,7). The monoisotopic (exact) mass is 2140 g/mol. The van der Waals surface area contributed by atoms with Gasteiger partial charge < -0.3 is 70.8 Å². The molecule has 6 aromatic carbocycles. The molecule has 34 nitrogen and oxygen atoms in total. The number of carbonyl (C=O) groups excluding carboxylic acids is 5. The van der Waals surface area contributed by atoms with Crippen molar-refractivity contribution >= 4 is 119 Å². The van der Waals surface area contributed by atoms with Gasteiger partial charge in [0.15, 0.2) is 5.71 Å². The van der Waals surface area contributed by atoms with Gasteiger partial charge in [0.05, 0.1) is 56.3 Å². The first-order valence-corrected chi connectivity index (χ1v) is 51.5. The predicted octanol–water partition coefficient (Wildman–Crippen LogP) is 14.2. The molecule has 812 valence electrons.